The lowest BCUT2D eigenvalue weighted by Crippen LogP contribution is -2.47. The second kappa shape index (κ2) is 8.05. The van der Waals surface area contributed by atoms with E-state index in [1.54, 1.807) is 12.4 Å². The highest BCUT2D eigenvalue weighted by molar-refractivity contribution is 5.59. The topological polar surface area (TPSA) is 91.1 Å². The second-order valence-electron chi connectivity index (χ2n) is 7.37. The molecule has 5 heterocycles. The minimum atomic E-state index is 0.540. The SMILES string of the molecule is N#Cc1cc2c(nc1N1CCN(c3ccc(-c4cccnc4)nn3)CC1)CCOC2. The van der Waals surface area contributed by atoms with Crippen LogP contribution in [0.25, 0.3) is 11.3 Å². The Labute approximate surface area is 174 Å². The number of anilines is 2. The summed E-state index contributed by atoms with van der Waals surface area (Å²) in [5, 5.41) is 18.4. The third-order valence-corrected chi connectivity index (χ3v) is 5.54. The number of hydrogen-bond donors (Lipinski definition) is 0. The molecule has 0 radical (unpaired) electrons. The van der Waals surface area contributed by atoms with Gasteiger partial charge >= 0.3 is 0 Å². The lowest BCUT2D eigenvalue weighted by molar-refractivity contribution is 0.109. The van der Waals surface area contributed by atoms with E-state index in [0.717, 1.165) is 66.8 Å². The largest absolute Gasteiger partial charge is 0.376 e. The summed E-state index contributed by atoms with van der Waals surface area (Å²) in [5.74, 6) is 1.65. The van der Waals surface area contributed by atoms with Gasteiger partial charge in [0.2, 0.25) is 0 Å². The lowest BCUT2D eigenvalue weighted by Gasteiger charge is -2.36. The third kappa shape index (κ3) is 3.55. The van der Waals surface area contributed by atoms with Gasteiger partial charge in [-0.05, 0) is 30.3 Å². The molecule has 0 spiro atoms. The Kier molecular flexibility index (Phi) is 4.95. The molecule has 150 valence electrons. The molecule has 8 nitrogen and oxygen atoms in total. The molecule has 0 N–H and O–H groups in total. The van der Waals surface area contributed by atoms with Gasteiger partial charge in [-0.1, -0.05) is 0 Å². The number of hydrogen-bond acceptors (Lipinski definition) is 8. The van der Waals surface area contributed by atoms with Crippen molar-refractivity contribution in [2.75, 3.05) is 42.6 Å². The van der Waals surface area contributed by atoms with Gasteiger partial charge in [-0.25, -0.2) is 4.98 Å². The summed E-state index contributed by atoms with van der Waals surface area (Å²) in [6.45, 7) is 4.39. The molecule has 1 fully saturated rings. The van der Waals surface area contributed by atoms with Gasteiger partial charge in [0.25, 0.3) is 0 Å². The summed E-state index contributed by atoms with van der Waals surface area (Å²) in [4.78, 5) is 13.4. The standard InChI is InChI=1S/C22H21N7O/c23-13-17-12-18-15-30-11-5-19(18)25-22(17)29-9-7-28(8-10-29)21-4-3-20(26-27-21)16-2-1-6-24-14-16/h1-4,6,12,14H,5,7-11,15H2. The minimum absolute atomic E-state index is 0.540. The van der Waals surface area contributed by atoms with Gasteiger partial charge in [-0.15, -0.1) is 10.2 Å². The fourth-order valence-corrected chi connectivity index (χ4v) is 3.91. The van der Waals surface area contributed by atoms with Crippen molar-refractivity contribution >= 4 is 11.6 Å². The molecule has 2 aliphatic heterocycles. The Hall–Kier alpha value is -3.57. The van der Waals surface area contributed by atoms with Gasteiger partial charge in [0.1, 0.15) is 11.9 Å². The Bertz CT molecular complexity index is 1070. The predicted molar refractivity (Wildman–Crippen MR) is 112 cm³/mol. The molecule has 1 saturated heterocycles. The maximum absolute atomic E-state index is 9.61. The second-order valence-corrected chi connectivity index (χ2v) is 7.37. The zero-order chi connectivity index (χ0) is 20.3. The Morgan fingerprint density at radius 1 is 1.03 bits per heavy atom. The molecule has 0 aromatic carbocycles. The molecule has 3 aromatic rings. The van der Waals surface area contributed by atoms with E-state index in [4.69, 9.17) is 9.72 Å². The van der Waals surface area contributed by atoms with Crippen LogP contribution >= 0.6 is 0 Å². The molecular weight excluding hydrogens is 378 g/mol. The van der Waals surface area contributed by atoms with Crippen molar-refractivity contribution in [3.8, 4) is 17.3 Å². The molecule has 5 rings (SSSR count). The van der Waals surface area contributed by atoms with Crippen LogP contribution in [-0.2, 0) is 17.8 Å². The van der Waals surface area contributed by atoms with Gasteiger partial charge in [0.05, 0.1) is 30.2 Å². The van der Waals surface area contributed by atoms with Crippen molar-refractivity contribution in [2.24, 2.45) is 0 Å². The first kappa shape index (κ1) is 18.5. The van der Waals surface area contributed by atoms with E-state index in [9.17, 15) is 5.26 Å². The van der Waals surface area contributed by atoms with Crippen LogP contribution in [0, 0.1) is 11.3 Å². The molecule has 0 amide bonds. The summed E-state index contributed by atoms with van der Waals surface area (Å²) in [6.07, 6.45) is 4.33. The van der Waals surface area contributed by atoms with Crippen LogP contribution in [0.2, 0.25) is 0 Å². The first-order valence-corrected chi connectivity index (χ1v) is 10.1. The Morgan fingerprint density at radius 2 is 1.90 bits per heavy atom. The Balaban J connectivity index is 1.29. The summed E-state index contributed by atoms with van der Waals surface area (Å²) < 4.78 is 5.49. The fraction of sp³-hybridized carbons (Fsp3) is 0.318. The first-order chi connectivity index (χ1) is 14.8. The number of ether oxygens (including phenoxy) is 1. The van der Waals surface area contributed by atoms with E-state index in [-0.39, 0.29) is 0 Å². The van der Waals surface area contributed by atoms with Gasteiger partial charge in [-0.3, -0.25) is 4.98 Å². The summed E-state index contributed by atoms with van der Waals surface area (Å²) in [6, 6.07) is 12.1. The summed E-state index contributed by atoms with van der Waals surface area (Å²) >= 11 is 0. The van der Waals surface area contributed by atoms with Crippen molar-refractivity contribution in [2.45, 2.75) is 13.0 Å². The minimum Gasteiger partial charge on any atom is -0.376 e. The molecule has 0 saturated carbocycles. The van der Waals surface area contributed by atoms with Crippen LogP contribution in [0.15, 0.2) is 42.7 Å². The predicted octanol–water partition coefficient (Wildman–Crippen LogP) is 2.20. The van der Waals surface area contributed by atoms with Gasteiger partial charge in [-0.2, -0.15) is 5.26 Å². The van der Waals surface area contributed by atoms with E-state index in [2.05, 4.69) is 31.1 Å². The highest BCUT2D eigenvalue weighted by atomic mass is 16.5. The molecule has 30 heavy (non-hydrogen) atoms. The van der Waals surface area contributed by atoms with Crippen LogP contribution in [0.4, 0.5) is 11.6 Å². The molecule has 8 heteroatoms. The maximum Gasteiger partial charge on any atom is 0.151 e. The van der Waals surface area contributed by atoms with Gasteiger partial charge in [0, 0.05) is 56.1 Å². The lowest BCUT2D eigenvalue weighted by atomic mass is 10.1. The molecule has 0 unspecified atom stereocenters. The number of aromatic nitrogens is 4. The van der Waals surface area contributed by atoms with E-state index in [1.807, 2.05) is 30.3 Å². The number of piperazine rings is 1. The molecular formula is C22H21N7O. The molecule has 2 aliphatic rings. The van der Waals surface area contributed by atoms with Crippen molar-refractivity contribution in [1.82, 2.24) is 20.2 Å². The van der Waals surface area contributed by atoms with Crippen LogP contribution < -0.4 is 9.80 Å². The number of pyridine rings is 2. The van der Waals surface area contributed by atoms with Gasteiger partial charge in [0.15, 0.2) is 5.82 Å². The van der Waals surface area contributed by atoms with Crippen molar-refractivity contribution in [3.05, 3.63) is 59.5 Å². The fourth-order valence-electron chi connectivity index (χ4n) is 3.91. The van der Waals surface area contributed by atoms with Crippen molar-refractivity contribution < 1.29 is 4.74 Å². The molecule has 0 bridgehead atoms. The molecule has 0 atom stereocenters. The molecule has 3 aromatic heterocycles. The smallest absolute Gasteiger partial charge is 0.151 e. The number of nitriles is 1. The zero-order valence-electron chi connectivity index (χ0n) is 16.5. The highest BCUT2D eigenvalue weighted by Gasteiger charge is 2.24. The highest BCUT2D eigenvalue weighted by Crippen LogP contribution is 2.26. The van der Waals surface area contributed by atoms with Crippen molar-refractivity contribution in [1.29, 1.82) is 5.26 Å². The average molecular weight is 399 g/mol. The quantitative estimate of drug-likeness (QED) is 0.662. The van der Waals surface area contributed by atoms with E-state index < -0.39 is 0 Å². The van der Waals surface area contributed by atoms with Crippen LogP contribution in [0.5, 0.6) is 0 Å². The van der Waals surface area contributed by atoms with Crippen LogP contribution in [-0.4, -0.2) is 53.0 Å². The molecule has 0 aliphatic carbocycles. The van der Waals surface area contributed by atoms with Crippen molar-refractivity contribution in [3.63, 3.8) is 0 Å². The monoisotopic (exact) mass is 399 g/mol. The number of rotatable bonds is 3. The number of nitrogens with zero attached hydrogens (tertiary/aromatic N) is 7. The Morgan fingerprint density at radius 3 is 2.63 bits per heavy atom. The zero-order valence-corrected chi connectivity index (χ0v) is 16.5. The third-order valence-electron chi connectivity index (χ3n) is 5.54. The van der Waals surface area contributed by atoms with E-state index in [0.29, 0.717) is 18.8 Å². The van der Waals surface area contributed by atoms with Crippen LogP contribution in [0.1, 0.15) is 16.8 Å². The first-order valence-electron chi connectivity index (χ1n) is 10.1. The number of fused-ring (bicyclic) bond motifs is 1. The van der Waals surface area contributed by atoms with E-state index in [1.165, 1.54) is 0 Å². The van der Waals surface area contributed by atoms with Crippen LogP contribution in [0.3, 0.4) is 0 Å². The summed E-state index contributed by atoms with van der Waals surface area (Å²) in [7, 11) is 0. The van der Waals surface area contributed by atoms with E-state index >= 15 is 0 Å². The maximum atomic E-state index is 9.61. The summed E-state index contributed by atoms with van der Waals surface area (Å²) in [5.41, 5.74) is 4.47. The average Bonchev–Trinajstić information content (AvgIpc) is 2.84. The normalized spacial score (nSPS) is 16.1. The van der Waals surface area contributed by atoms with Gasteiger partial charge < -0.3 is 14.5 Å².